The van der Waals surface area contributed by atoms with Gasteiger partial charge < -0.3 is 19.7 Å². The van der Waals surface area contributed by atoms with Gasteiger partial charge in [0, 0.05) is 55.6 Å². The van der Waals surface area contributed by atoms with Crippen molar-refractivity contribution in [1.82, 2.24) is 24.8 Å². The van der Waals surface area contributed by atoms with Crippen LogP contribution in [0.4, 0.5) is 5.69 Å². The molecule has 8 heteroatoms. The van der Waals surface area contributed by atoms with Gasteiger partial charge in [-0.05, 0) is 49.9 Å². The second kappa shape index (κ2) is 9.65. The summed E-state index contributed by atoms with van der Waals surface area (Å²) in [6.45, 7) is 5.34. The largest absolute Gasteiger partial charge is 0.367 e. The molecule has 8 nitrogen and oxygen atoms in total. The number of aromatic nitrogens is 3. The van der Waals surface area contributed by atoms with Crippen LogP contribution in [0.5, 0.6) is 0 Å². The van der Waals surface area contributed by atoms with E-state index in [2.05, 4.69) is 45.3 Å². The molecule has 2 atom stereocenters. The first-order chi connectivity index (χ1) is 17.6. The van der Waals surface area contributed by atoms with Crippen LogP contribution in [-0.4, -0.2) is 63.3 Å². The average Bonchev–Trinajstić information content (AvgIpc) is 3.58. The Morgan fingerprint density at radius 1 is 1.08 bits per heavy atom. The number of hydrogen-bond acceptors (Lipinski definition) is 6. The van der Waals surface area contributed by atoms with Gasteiger partial charge in [-0.25, -0.2) is 9.97 Å². The molecule has 1 saturated carbocycles. The van der Waals surface area contributed by atoms with E-state index in [0.717, 1.165) is 68.6 Å². The second-order valence-electron chi connectivity index (χ2n) is 10.5. The second-order valence-corrected chi connectivity index (χ2v) is 10.5. The molecule has 1 aromatic carbocycles. The molecule has 188 valence electrons. The average molecular weight is 487 g/mol. The molecule has 4 heterocycles. The number of fused-ring (bicyclic) bond motifs is 2. The van der Waals surface area contributed by atoms with Gasteiger partial charge in [-0.3, -0.25) is 9.59 Å². The van der Waals surface area contributed by atoms with Crippen molar-refractivity contribution < 1.29 is 9.59 Å². The van der Waals surface area contributed by atoms with Crippen molar-refractivity contribution in [2.75, 3.05) is 31.1 Å². The number of imidazole rings is 1. The van der Waals surface area contributed by atoms with Gasteiger partial charge in [0.15, 0.2) is 11.4 Å². The van der Waals surface area contributed by atoms with Crippen LogP contribution in [0.1, 0.15) is 49.8 Å². The number of anilines is 1. The molecule has 1 saturated heterocycles. The van der Waals surface area contributed by atoms with Crippen molar-refractivity contribution in [1.29, 1.82) is 0 Å². The number of nitrogens with zero attached hydrogens (tertiary/aromatic N) is 5. The van der Waals surface area contributed by atoms with Crippen LogP contribution in [-0.2, 0) is 22.6 Å². The molecule has 0 spiro atoms. The number of Topliss-reactive ketones (excluding diaryl/α,β-unsaturated/α-hetero) is 1. The Morgan fingerprint density at radius 3 is 2.78 bits per heavy atom. The van der Waals surface area contributed by atoms with Gasteiger partial charge in [0.2, 0.25) is 5.91 Å². The van der Waals surface area contributed by atoms with E-state index in [9.17, 15) is 9.59 Å². The summed E-state index contributed by atoms with van der Waals surface area (Å²) in [6, 6.07) is 10.1. The molecule has 6 rings (SSSR count). The van der Waals surface area contributed by atoms with Crippen LogP contribution in [0.25, 0.3) is 11.2 Å². The van der Waals surface area contributed by atoms with Crippen molar-refractivity contribution in [2.24, 2.45) is 5.92 Å². The summed E-state index contributed by atoms with van der Waals surface area (Å²) < 4.78 is 1.83. The predicted octanol–water partition coefficient (Wildman–Crippen LogP) is 3.11. The minimum Gasteiger partial charge on any atom is -0.367 e. The number of carbonyl (C=O) groups is 2. The topological polar surface area (TPSA) is 83.4 Å². The van der Waals surface area contributed by atoms with Crippen molar-refractivity contribution in [2.45, 2.75) is 57.7 Å². The fourth-order valence-electron chi connectivity index (χ4n) is 6.36. The summed E-state index contributed by atoms with van der Waals surface area (Å²) in [6.07, 6.45) is 8.74. The van der Waals surface area contributed by atoms with E-state index in [4.69, 9.17) is 0 Å². The summed E-state index contributed by atoms with van der Waals surface area (Å²) in [5.74, 6) is 0.630. The number of rotatable bonds is 5. The monoisotopic (exact) mass is 486 g/mol. The first-order valence-electron chi connectivity index (χ1n) is 13.3. The molecule has 1 aliphatic carbocycles. The zero-order valence-electron chi connectivity index (χ0n) is 20.9. The maximum absolute atomic E-state index is 13.5. The highest BCUT2D eigenvalue weighted by Crippen LogP contribution is 2.38. The van der Waals surface area contributed by atoms with Gasteiger partial charge in [-0.15, -0.1) is 0 Å². The van der Waals surface area contributed by atoms with Crippen LogP contribution < -0.4 is 10.2 Å². The van der Waals surface area contributed by atoms with Gasteiger partial charge in [0.05, 0.1) is 12.4 Å². The Hall–Kier alpha value is -3.26. The highest BCUT2D eigenvalue weighted by atomic mass is 16.2. The third-order valence-corrected chi connectivity index (χ3v) is 8.22. The van der Waals surface area contributed by atoms with E-state index in [1.54, 1.807) is 12.5 Å². The maximum Gasteiger partial charge on any atom is 0.242 e. The Kier molecular flexibility index (Phi) is 6.21. The van der Waals surface area contributed by atoms with Gasteiger partial charge in [0.1, 0.15) is 12.1 Å². The van der Waals surface area contributed by atoms with Gasteiger partial charge in [-0.2, -0.15) is 0 Å². The number of hydrogen-bond donors (Lipinski definition) is 1. The SMILES string of the molecule is CC1CN(c2cccc3c2C(C(=O)C2CCCC2)NCC3)CCN1C(=O)Cn1cnc2cccnc21. The molecule has 2 fully saturated rings. The molecule has 3 aromatic rings. The standard InChI is InChI=1S/C28H34N6O2/c1-19-16-32(14-15-34(19)24(35)17-33-18-31-22-9-5-12-30-28(22)33)23-10-4-8-20-11-13-29-26(25(20)23)27(36)21-6-2-3-7-21/h4-5,8-10,12,18-19,21,26,29H,2-3,6-7,11,13-17H2,1H3. The summed E-state index contributed by atoms with van der Waals surface area (Å²) in [5.41, 5.74) is 5.14. The van der Waals surface area contributed by atoms with Crippen molar-refractivity contribution in [3.63, 3.8) is 0 Å². The number of amides is 1. The zero-order chi connectivity index (χ0) is 24.6. The fourth-order valence-corrected chi connectivity index (χ4v) is 6.36. The fraction of sp³-hybridized carbons (Fsp3) is 0.500. The van der Waals surface area contributed by atoms with E-state index in [-0.39, 0.29) is 30.5 Å². The molecule has 2 unspecified atom stereocenters. The third kappa shape index (κ3) is 4.17. The summed E-state index contributed by atoms with van der Waals surface area (Å²) >= 11 is 0. The first-order valence-corrected chi connectivity index (χ1v) is 13.3. The van der Waals surface area contributed by atoms with Crippen LogP contribution in [0.15, 0.2) is 42.9 Å². The Morgan fingerprint density at radius 2 is 1.94 bits per heavy atom. The van der Waals surface area contributed by atoms with Gasteiger partial charge >= 0.3 is 0 Å². The van der Waals surface area contributed by atoms with E-state index in [1.807, 2.05) is 21.6 Å². The molecule has 2 aromatic heterocycles. The van der Waals surface area contributed by atoms with Gasteiger partial charge in [-0.1, -0.05) is 25.0 Å². The Bertz CT molecular complexity index is 1280. The molecular weight excluding hydrogens is 452 g/mol. The van der Waals surface area contributed by atoms with E-state index < -0.39 is 0 Å². The summed E-state index contributed by atoms with van der Waals surface area (Å²) in [7, 11) is 0. The van der Waals surface area contributed by atoms with E-state index in [0.29, 0.717) is 12.3 Å². The third-order valence-electron chi connectivity index (χ3n) is 8.22. The minimum atomic E-state index is -0.218. The Balaban J connectivity index is 1.19. The lowest BCUT2D eigenvalue weighted by molar-refractivity contribution is -0.134. The van der Waals surface area contributed by atoms with Crippen molar-refractivity contribution in [3.8, 4) is 0 Å². The molecule has 36 heavy (non-hydrogen) atoms. The van der Waals surface area contributed by atoms with Crippen LogP contribution in [0, 0.1) is 5.92 Å². The van der Waals surface area contributed by atoms with Crippen molar-refractivity contribution in [3.05, 3.63) is 54.0 Å². The highest BCUT2D eigenvalue weighted by molar-refractivity contribution is 5.90. The minimum absolute atomic E-state index is 0.0605. The molecule has 1 N–H and O–H groups in total. The van der Waals surface area contributed by atoms with Crippen molar-refractivity contribution >= 4 is 28.5 Å². The van der Waals surface area contributed by atoms with E-state index in [1.165, 1.54) is 11.1 Å². The first kappa shape index (κ1) is 23.2. The lowest BCUT2D eigenvalue weighted by Crippen LogP contribution is -2.55. The molecule has 0 bridgehead atoms. The molecule has 2 aliphatic heterocycles. The Labute approximate surface area is 211 Å². The van der Waals surface area contributed by atoms with Crippen LogP contribution in [0.2, 0.25) is 0 Å². The van der Waals surface area contributed by atoms with Crippen LogP contribution >= 0.6 is 0 Å². The zero-order valence-corrected chi connectivity index (χ0v) is 20.9. The quantitative estimate of drug-likeness (QED) is 0.597. The summed E-state index contributed by atoms with van der Waals surface area (Å²) in [5, 5.41) is 3.55. The number of carbonyl (C=O) groups excluding carboxylic acids is 2. The number of nitrogens with one attached hydrogen (secondary N) is 1. The smallest absolute Gasteiger partial charge is 0.242 e. The number of piperazine rings is 1. The highest BCUT2D eigenvalue weighted by Gasteiger charge is 2.36. The lowest BCUT2D eigenvalue weighted by Gasteiger charge is -2.43. The maximum atomic E-state index is 13.5. The number of benzene rings is 1. The van der Waals surface area contributed by atoms with Crippen LogP contribution in [0.3, 0.4) is 0 Å². The van der Waals surface area contributed by atoms with Gasteiger partial charge in [0.25, 0.3) is 0 Å². The number of pyridine rings is 1. The molecule has 1 amide bonds. The molecular formula is C28H34N6O2. The molecule has 0 radical (unpaired) electrons. The van der Waals surface area contributed by atoms with E-state index >= 15 is 0 Å². The summed E-state index contributed by atoms with van der Waals surface area (Å²) in [4.78, 5) is 39.9. The predicted molar refractivity (Wildman–Crippen MR) is 139 cm³/mol. The normalized spacial score (nSPS) is 22.7. The molecule has 3 aliphatic rings. The lowest BCUT2D eigenvalue weighted by atomic mass is 9.85. The number of ketones is 1.